The Morgan fingerprint density at radius 1 is 0.966 bits per heavy atom. The van der Waals surface area contributed by atoms with Crippen LogP contribution in [-0.2, 0) is 36.8 Å². The summed E-state index contributed by atoms with van der Waals surface area (Å²) in [6.45, 7) is 5.67. The summed E-state index contributed by atoms with van der Waals surface area (Å²) in [7, 11) is 0. The normalized spacial score (nSPS) is 15.3. The van der Waals surface area contributed by atoms with Crippen molar-refractivity contribution in [1.29, 1.82) is 0 Å². The van der Waals surface area contributed by atoms with Crippen LogP contribution in [0.3, 0.4) is 0 Å². The average Bonchev–Trinajstić information content (AvgIpc) is 3.59. The van der Waals surface area contributed by atoms with E-state index in [9.17, 15) is 34.2 Å². The molecule has 4 amide bonds. The summed E-state index contributed by atoms with van der Waals surface area (Å²) in [5.74, 6) is -2.27. The third-order valence-corrected chi connectivity index (χ3v) is 9.22. The topological polar surface area (TPSA) is 215 Å². The number of H-pyrrole nitrogens is 1. The maximum absolute atomic E-state index is 14.3. The molecule has 3 unspecified atom stereocenters. The predicted octanol–water partition coefficient (Wildman–Crippen LogP) is 4.63. The third kappa shape index (κ3) is 13.0. The average molecular weight is 794 g/mol. The fraction of sp³-hybridized carbons (Fsp3) is 0.349. The van der Waals surface area contributed by atoms with Gasteiger partial charge in [-0.3, -0.25) is 34.6 Å². The van der Waals surface area contributed by atoms with E-state index in [0.29, 0.717) is 25.8 Å². The molecule has 58 heavy (non-hydrogen) atoms. The number of phenols is 1. The van der Waals surface area contributed by atoms with Gasteiger partial charge < -0.3 is 35.9 Å². The number of aliphatic imine (C=N–C) groups is 1. The molecule has 0 spiro atoms. The van der Waals surface area contributed by atoms with Crippen LogP contribution in [0.2, 0.25) is 0 Å². The summed E-state index contributed by atoms with van der Waals surface area (Å²) < 4.78 is 5.52. The molecule has 2 heterocycles. The number of phenolic OH excluding ortho intramolecular Hbond substituents is 1. The number of alkyl carbamates (subject to hydrolysis) is 1. The van der Waals surface area contributed by atoms with Crippen LogP contribution in [0.1, 0.15) is 63.1 Å². The summed E-state index contributed by atoms with van der Waals surface area (Å²) in [6, 6.07) is 20.3. The fourth-order valence-electron chi connectivity index (χ4n) is 6.37. The molecule has 5 rings (SSSR count). The van der Waals surface area contributed by atoms with Crippen LogP contribution in [-0.4, -0.2) is 92.6 Å². The van der Waals surface area contributed by atoms with Gasteiger partial charge in [-0.2, -0.15) is 0 Å². The number of para-hydroxylation sites is 1. The van der Waals surface area contributed by atoms with E-state index in [1.54, 1.807) is 45.2 Å². The number of amides is 4. The number of carbonyl (C=O) groups excluding carboxylic acids is 4. The van der Waals surface area contributed by atoms with E-state index in [1.165, 1.54) is 23.2 Å². The number of hydrazine groups is 1. The number of aromatic nitrogens is 1. The number of unbranched alkanes of at least 4 members (excludes halogenated alkanes) is 1. The molecular formula is C43H51N7O8. The van der Waals surface area contributed by atoms with Crippen molar-refractivity contribution < 1.29 is 38.9 Å². The molecule has 0 fully saturated rings. The molecule has 7 N–H and O–H groups in total. The molecule has 1 aliphatic rings. The Labute approximate surface area is 336 Å². The molecule has 3 aromatic carbocycles. The first kappa shape index (κ1) is 42.5. The van der Waals surface area contributed by atoms with Gasteiger partial charge in [-0.25, -0.2) is 4.79 Å². The number of benzene rings is 3. The predicted molar refractivity (Wildman–Crippen MR) is 220 cm³/mol. The smallest absolute Gasteiger partial charge is 0.408 e. The molecule has 1 aromatic heterocycles. The van der Waals surface area contributed by atoms with Crippen LogP contribution in [0.15, 0.2) is 96.1 Å². The van der Waals surface area contributed by atoms with Crippen LogP contribution in [0.5, 0.6) is 5.75 Å². The monoisotopic (exact) mass is 793 g/mol. The molecule has 0 saturated carbocycles. The van der Waals surface area contributed by atoms with Gasteiger partial charge in [0.15, 0.2) is 0 Å². The van der Waals surface area contributed by atoms with Crippen molar-refractivity contribution in [3.8, 4) is 5.75 Å². The number of aromatic hydroxyl groups is 1. The van der Waals surface area contributed by atoms with Gasteiger partial charge in [0.05, 0.1) is 12.5 Å². The standard InChI is InChI=1S/C43H51N7O8/c1-43(2,3)58-42(57)48-35(25-30-27-45-33-14-8-7-13-32(30)33)40(55)47-34(15-9-10-23-44-37(52)21-18-29-16-19-31(51)20-17-29)39-46-36(26-38(53)54)41(56)50(49-39)24-22-28-11-5-4-6-12-28/h4-8,11-14,16-21,27,34-36,45,51H,9-10,15,22-26H2,1-3H3,(H,44,52)(H,46,49)(H,47,55)(H,48,57)(H,53,54)/b21-18+. The van der Waals surface area contributed by atoms with Crippen molar-refractivity contribution in [3.05, 3.63) is 108 Å². The number of nitrogens with zero attached hydrogens (tertiary/aromatic N) is 2. The first-order valence-electron chi connectivity index (χ1n) is 19.3. The number of carboxylic acids is 1. The van der Waals surface area contributed by atoms with E-state index in [2.05, 4.69) is 31.4 Å². The number of hydrogen-bond donors (Lipinski definition) is 7. The highest BCUT2D eigenvalue weighted by molar-refractivity contribution is 6.00. The van der Waals surface area contributed by atoms with E-state index in [1.807, 2.05) is 54.6 Å². The maximum atomic E-state index is 14.3. The number of hydrogen-bond acceptors (Lipinski definition) is 9. The van der Waals surface area contributed by atoms with E-state index in [-0.39, 0.29) is 36.9 Å². The molecular weight excluding hydrogens is 743 g/mol. The summed E-state index contributed by atoms with van der Waals surface area (Å²) >= 11 is 0. The van der Waals surface area contributed by atoms with Gasteiger partial charge in [-0.05, 0) is 87.4 Å². The van der Waals surface area contributed by atoms with Crippen LogP contribution in [0.4, 0.5) is 4.79 Å². The minimum absolute atomic E-state index is 0.106. The Bertz CT molecular complexity index is 2110. The van der Waals surface area contributed by atoms with Crippen LogP contribution < -0.4 is 21.4 Å². The number of amidine groups is 1. The van der Waals surface area contributed by atoms with Crippen molar-refractivity contribution in [2.24, 2.45) is 4.99 Å². The number of aliphatic carboxylic acids is 1. The van der Waals surface area contributed by atoms with Crippen molar-refractivity contribution in [2.75, 3.05) is 13.1 Å². The van der Waals surface area contributed by atoms with Crippen molar-refractivity contribution in [1.82, 2.24) is 31.4 Å². The lowest BCUT2D eigenvalue weighted by Crippen LogP contribution is -2.62. The number of fused-ring (bicyclic) bond motifs is 1. The second-order valence-corrected chi connectivity index (χ2v) is 15.0. The molecule has 0 radical (unpaired) electrons. The summed E-state index contributed by atoms with van der Waals surface area (Å²) in [5.41, 5.74) is 5.60. The minimum Gasteiger partial charge on any atom is -0.508 e. The SMILES string of the molecule is CC(C)(C)OC(=O)NC(Cc1c[nH]c2ccccc12)C(=O)NC(CCCCNC(=O)/C=C/c1ccc(O)cc1)C1=NC(CC(=O)O)C(=O)N(CCc2ccccc2)N1. The first-order valence-corrected chi connectivity index (χ1v) is 19.3. The van der Waals surface area contributed by atoms with Gasteiger partial charge in [0.25, 0.3) is 5.91 Å². The van der Waals surface area contributed by atoms with Gasteiger partial charge in [0.1, 0.15) is 29.3 Å². The maximum Gasteiger partial charge on any atom is 0.408 e. The van der Waals surface area contributed by atoms with E-state index in [0.717, 1.165) is 27.6 Å². The molecule has 0 bridgehead atoms. The lowest BCUT2D eigenvalue weighted by atomic mass is 10.0. The minimum atomic E-state index is -1.24. The number of carbonyl (C=O) groups is 5. The third-order valence-electron chi connectivity index (χ3n) is 9.22. The molecule has 0 saturated heterocycles. The molecule has 306 valence electrons. The van der Waals surface area contributed by atoms with Crippen molar-refractivity contribution in [2.45, 2.75) is 83.0 Å². The lowest BCUT2D eigenvalue weighted by molar-refractivity contribution is -0.143. The van der Waals surface area contributed by atoms with Crippen LogP contribution in [0, 0.1) is 0 Å². The van der Waals surface area contributed by atoms with Crippen molar-refractivity contribution in [3.63, 3.8) is 0 Å². The molecule has 15 heteroatoms. The number of rotatable bonds is 18. The largest absolute Gasteiger partial charge is 0.508 e. The van der Waals surface area contributed by atoms with Gasteiger partial charge >= 0.3 is 12.1 Å². The van der Waals surface area contributed by atoms with E-state index < -0.39 is 54.0 Å². The molecule has 1 aliphatic heterocycles. The van der Waals surface area contributed by atoms with E-state index >= 15 is 0 Å². The van der Waals surface area contributed by atoms with Gasteiger partial charge in [0.2, 0.25) is 11.8 Å². The highest BCUT2D eigenvalue weighted by Crippen LogP contribution is 2.21. The van der Waals surface area contributed by atoms with Gasteiger partial charge in [-0.15, -0.1) is 0 Å². The highest BCUT2D eigenvalue weighted by atomic mass is 16.6. The highest BCUT2D eigenvalue weighted by Gasteiger charge is 2.36. The zero-order chi connectivity index (χ0) is 41.7. The molecule has 3 atom stereocenters. The van der Waals surface area contributed by atoms with Crippen LogP contribution >= 0.6 is 0 Å². The Balaban J connectivity index is 1.36. The Hall–Kier alpha value is -6.64. The summed E-state index contributed by atoms with van der Waals surface area (Å²) in [5, 5.41) is 30.0. The van der Waals surface area contributed by atoms with E-state index in [4.69, 9.17) is 4.74 Å². The zero-order valence-corrected chi connectivity index (χ0v) is 32.9. The number of ether oxygens (including phenoxy) is 1. The summed E-state index contributed by atoms with van der Waals surface area (Å²) in [4.78, 5) is 73.1. The first-order chi connectivity index (χ1) is 27.7. The quantitative estimate of drug-likeness (QED) is 0.0552. The van der Waals surface area contributed by atoms with Crippen molar-refractivity contribution >= 4 is 52.6 Å². The number of nitrogens with one attached hydrogen (secondary N) is 5. The second-order valence-electron chi connectivity index (χ2n) is 15.0. The molecule has 15 nitrogen and oxygen atoms in total. The zero-order valence-electron chi connectivity index (χ0n) is 32.9. The fourth-order valence-corrected chi connectivity index (χ4v) is 6.37. The van der Waals surface area contributed by atoms with Crippen LogP contribution in [0.25, 0.3) is 17.0 Å². The lowest BCUT2D eigenvalue weighted by Gasteiger charge is -2.35. The Morgan fingerprint density at radius 2 is 1.69 bits per heavy atom. The number of aromatic amines is 1. The van der Waals surface area contributed by atoms with Gasteiger partial charge in [0, 0.05) is 42.7 Å². The second kappa shape index (κ2) is 20.0. The molecule has 4 aromatic rings. The molecule has 0 aliphatic carbocycles. The Morgan fingerprint density at radius 3 is 2.41 bits per heavy atom. The van der Waals surface area contributed by atoms with Gasteiger partial charge in [-0.1, -0.05) is 60.7 Å². The number of carboxylic acid groups (broad SMARTS) is 1. The summed E-state index contributed by atoms with van der Waals surface area (Å²) in [6.07, 6.45) is 5.30. The Kier molecular flexibility index (Phi) is 14.6.